The van der Waals surface area contributed by atoms with E-state index in [1.54, 1.807) is 5.57 Å². The average Bonchev–Trinajstić information content (AvgIpc) is 2.47. The van der Waals surface area contributed by atoms with Gasteiger partial charge in [0.15, 0.2) is 0 Å². The van der Waals surface area contributed by atoms with Gasteiger partial charge in [0.2, 0.25) is 0 Å². The Morgan fingerprint density at radius 3 is 2.62 bits per heavy atom. The summed E-state index contributed by atoms with van der Waals surface area (Å²) < 4.78 is 0. The number of nitrogens with zero attached hydrogens (tertiary/aromatic N) is 1. The smallest absolute Gasteiger partial charge is 0.0621 e. The molecule has 1 heterocycles. The zero-order valence-corrected chi connectivity index (χ0v) is 7.87. The van der Waals surface area contributed by atoms with Gasteiger partial charge in [-0.3, -0.25) is 4.99 Å². The first-order valence-corrected chi connectivity index (χ1v) is 5.06. The van der Waals surface area contributed by atoms with Gasteiger partial charge in [-0.25, -0.2) is 0 Å². The Balaban J connectivity index is 2.20. The highest BCUT2D eigenvalue weighted by Crippen LogP contribution is 2.27. The number of hydrogen-bond acceptors (Lipinski definition) is 1. The Bertz CT molecular complexity index is 266. The van der Waals surface area contributed by atoms with Crippen LogP contribution in [0.5, 0.6) is 0 Å². The molecular formula is C12H15N. The topological polar surface area (TPSA) is 12.4 Å². The molecule has 2 aliphatic rings. The largest absolute Gasteiger partial charge is 0.257 e. The van der Waals surface area contributed by atoms with Gasteiger partial charge in [-0.2, -0.15) is 0 Å². The van der Waals surface area contributed by atoms with Crippen molar-refractivity contribution in [2.75, 3.05) is 0 Å². The first-order valence-electron chi connectivity index (χ1n) is 5.06. The normalized spacial score (nSPS) is 22.2. The molecule has 1 aliphatic heterocycles. The van der Waals surface area contributed by atoms with Crippen molar-refractivity contribution in [2.24, 2.45) is 4.99 Å². The monoisotopic (exact) mass is 173 g/mol. The lowest BCUT2D eigenvalue weighted by atomic mass is 9.93. The molecule has 0 atom stereocenters. The van der Waals surface area contributed by atoms with E-state index >= 15 is 0 Å². The second-order valence-electron chi connectivity index (χ2n) is 3.57. The average molecular weight is 173 g/mol. The minimum Gasteiger partial charge on any atom is -0.257 e. The minimum absolute atomic E-state index is 1.20. The highest BCUT2D eigenvalue weighted by molar-refractivity contribution is 5.74. The van der Waals surface area contributed by atoms with Crippen molar-refractivity contribution in [2.45, 2.75) is 32.1 Å². The van der Waals surface area contributed by atoms with Gasteiger partial charge in [-0.1, -0.05) is 18.6 Å². The van der Waals surface area contributed by atoms with Crippen molar-refractivity contribution in [3.05, 3.63) is 35.6 Å². The molecule has 1 fully saturated rings. The van der Waals surface area contributed by atoms with E-state index in [1.807, 2.05) is 18.4 Å². The molecule has 0 aromatic carbocycles. The Morgan fingerprint density at radius 2 is 1.77 bits per heavy atom. The molecule has 0 aromatic rings. The van der Waals surface area contributed by atoms with Gasteiger partial charge in [0.1, 0.15) is 0 Å². The standard InChI is InChI=1S/C12H15N/c1-3-7-11(8-4-1)12-9-5-2-6-10-13-12/h2,5-6,9-10H,1,3-4,7-8H2. The number of aliphatic imine (C=N–C) groups is 1. The lowest BCUT2D eigenvalue weighted by Gasteiger charge is -2.14. The molecule has 1 saturated carbocycles. The Kier molecular flexibility index (Phi) is 2.75. The molecule has 0 saturated heterocycles. The van der Waals surface area contributed by atoms with Gasteiger partial charge < -0.3 is 0 Å². The van der Waals surface area contributed by atoms with Crippen LogP contribution >= 0.6 is 0 Å². The van der Waals surface area contributed by atoms with Crippen LogP contribution in [0.1, 0.15) is 32.1 Å². The highest BCUT2D eigenvalue weighted by atomic mass is 14.7. The molecule has 0 aromatic heterocycles. The third-order valence-electron chi connectivity index (χ3n) is 2.60. The fourth-order valence-corrected chi connectivity index (χ4v) is 1.87. The highest BCUT2D eigenvalue weighted by Gasteiger charge is 2.08. The van der Waals surface area contributed by atoms with Gasteiger partial charge in [0.25, 0.3) is 0 Å². The molecule has 0 bridgehead atoms. The van der Waals surface area contributed by atoms with E-state index < -0.39 is 0 Å². The maximum atomic E-state index is 4.43. The third-order valence-corrected chi connectivity index (χ3v) is 2.60. The van der Waals surface area contributed by atoms with E-state index in [1.165, 1.54) is 37.8 Å². The summed E-state index contributed by atoms with van der Waals surface area (Å²) in [5, 5.41) is 0. The Hall–Kier alpha value is -1.11. The molecule has 13 heavy (non-hydrogen) atoms. The maximum Gasteiger partial charge on any atom is 0.0621 e. The predicted molar refractivity (Wildman–Crippen MR) is 56.9 cm³/mol. The second kappa shape index (κ2) is 4.22. The van der Waals surface area contributed by atoms with Crippen molar-refractivity contribution in [1.29, 1.82) is 0 Å². The molecule has 0 amide bonds. The summed E-state index contributed by atoms with van der Waals surface area (Å²) in [5.74, 6) is 0. The van der Waals surface area contributed by atoms with Gasteiger partial charge in [-0.05, 0) is 43.4 Å². The zero-order valence-electron chi connectivity index (χ0n) is 7.87. The van der Waals surface area contributed by atoms with Crippen molar-refractivity contribution >= 4 is 6.21 Å². The van der Waals surface area contributed by atoms with Crippen LogP contribution in [0.15, 0.2) is 40.6 Å². The van der Waals surface area contributed by atoms with Crippen LogP contribution in [0.3, 0.4) is 0 Å². The quantitative estimate of drug-likeness (QED) is 0.532. The zero-order chi connectivity index (χ0) is 8.93. The van der Waals surface area contributed by atoms with E-state index in [0.29, 0.717) is 0 Å². The molecule has 68 valence electrons. The Morgan fingerprint density at radius 1 is 0.923 bits per heavy atom. The number of allylic oxidation sites excluding steroid dienone is 5. The summed E-state index contributed by atoms with van der Waals surface area (Å²) in [6, 6.07) is 0. The van der Waals surface area contributed by atoms with E-state index in [4.69, 9.17) is 0 Å². The summed E-state index contributed by atoms with van der Waals surface area (Å²) >= 11 is 0. The summed E-state index contributed by atoms with van der Waals surface area (Å²) in [7, 11) is 0. The molecule has 1 nitrogen and oxygen atoms in total. The van der Waals surface area contributed by atoms with E-state index in [2.05, 4.69) is 17.1 Å². The van der Waals surface area contributed by atoms with Crippen LogP contribution in [0.2, 0.25) is 0 Å². The van der Waals surface area contributed by atoms with Crippen molar-refractivity contribution in [3.63, 3.8) is 0 Å². The fourth-order valence-electron chi connectivity index (χ4n) is 1.87. The van der Waals surface area contributed by atoms with E-state index in [-0.39, 0.29) is 0 Å². The van der Waals surface area contributed by atoms with E-state index in [9.17, 15) is 0 Å². The van der Waals surface area contributed by atoms with E-state index in [0.717, 1.165) is 0 Å². The van der Waals surface area contributed by atoms with Crippen molar-refractivity contribution in [1.82, 2.24) is 0 Å². The second-order valence-corrected chi connectivity index (χ2v) is 3.57. The molecule has 0 unspecified atom stereocenters. The summed E-state index contributed by atoms with van der Waals surface area (Å²) in [5.41, 5.74) is 2.74. The van der Waals surface area contributed by atoms with Crippen LogP contribution in [-0.4, -0.2) is 6.21 Å². The molecule has 0 spiro atoms. The number of rotatable bonds is 0. The van der Waals surface area contributed by atoms with Gasteiger partial charge in [0.05, 0.1) is 5.70 Å². The van der Waals surface area contributed by atoms with Gasteiger partial charge >= 0.3 is 0 Å². The molecule has 0 N–H and O–H groups in total. The summed E-state index contributed by atoms with van der Waals surface area (Å²) in [6.07, 6.45) is 16.7. The lowest BCUT2D eigenvalue weighted by Crippen LogP contribution is -1.96. The summed E-state index contributed by atoms with van der Waals surface area (Å²) in [4.78, 5) is 4.43. The third kappa shape index (κ3) is 2.18. The van der Waals surface area contributed by atoms with Crippen LogP contribution in [-0.2, 0) is 0 Å². The molecule has 0 radical (unpaired) electrons. The molecule has 1 heteroatoms. The number of hydrogen-bond donors (Lipinski definition) is 0. The SMILES string of the molecule is C1=CC=NC(=C2CCCCC2)C=C1. The lowest BCUT2D eigenvalue weighted by molar-refractivity contribution is 0.594. The van der Waals surface area contributed by atoms with Crippen LogP contribution in [0, 0.1) is 0 Å². The molecule has 2 rings (SSSR count). The molecule has 1 aliphatic carbocycles. The Labute approximate surface area is 79.6 Å². The fraction of sp³-hybridized carbons (Fsp3) is 0.417. The minimum atomic E-state index is 1.20. The predicted octanol–water partition coefficient (Wildman–Crippen LogP) is 3.40. The first-order chi connectivity index (χ1) is 6.47. The van der Waals surface area contributed by atoms with Crippen molar-refractivity contribution < 1.29 is 0 Å². The summed E-state index contributed by atoms with van der Waals surface area (Å²) in [6.45, 7) is 0. The van der Waals surface area contributed by atoms with Gasteiger partial charge in [0, 0.05) is 6.21 Å². The van der Waals surface area contributed by atoms with Crippen LogP contribution in [0.25, 0.3) is 0 Å². The maximum absolute atomic E-state index is 4.43. The van der Waals surface area contributed by atoms with Gasteiger partial charge in [-0.15, -0.1) is 0 Å². The first kappa shape index (κ1) is 8.49. The van der Waals surface area contributed by atoms with Crippen LogP contribution < -0.4 is 0 Å². The van der Waals surface area contributed by atoms with Crippen LogP contribution in [0.4, 0.5) is 0 Å². The molecular weight excluding hydrogens is 158 g/mol. The van der Waals surface area contributed by atoms with Crippen molar-refractivity contribution in [3.8, 4) is 0 Å².